The second kappa shape index (κ2) is 4.78. The van der Waals surface area contributed by atoms with Gasteiger partial charge >= 0.3 is 0 Å². The molecule has 3 rings (SSSR count). The van der Waals surface area contributed by atoms with Crippen LogP contribution in [0.4, 0.5) is 11.5 Å². The minimum absolute atomic E-state index is 0.581. The molecule has 1 aliphatic rings. The van der Waals surface area contributed by atoms with E-state index in [2.05, 4.69) is 22.4 Å². The van der Waals surface area contributed by atoms with Crippen molar-refractivity contribution in [3.63, 3.8) is 0 Å². The number of fused-ring (bicyclic) bond motifs is 1. The van der Waals surface area contributed by atoms with Crippen LogP contribution in [0.15, 0.2) is 36.4 Å². The van der Waals surface area contributed by atoms with Gasteiger partial charge in [0.15, 0.2) is 0 Å². The van der Waals surface area contributed by atoms with Crippen molar-refractivity contribution in [3.8, 4) is 0 Å². The molecule has 0 saturated heterocycles. The Hall–Kier alpha value is -1.87. The third-order valence-corrected chi connectivity index (χ3v) is 3.39. The molecule has 0 unspecified atom stereocenters. The fourth-order valence-corrected chi connectivity index (χ4v) is 2.36. The lowest BCUT2D eigenvalue weighted by Crippen LogP contribution is -1.98. The fraction of sp³-hybridized carbons (Fsp3) is 0.267. The molecule has 1 aromatic carbocycles. The highest BCUT2D eigenvalue weighted by molar-refractivity contribution is 5.57. The Labute approximate surface area is 107 Å². The number of pyridine rings is 1. The molecule has 2 aromatic rings. The van der Waals surface area contributed by atoms with Crippen molar-refractivity contribution in [2.75, 3.05) is 5.32 Å². The lowest BCUT2D eigenvalue weighted by atomic mass is 10.2. The Bertz CT molecular complexity index is 546. The summed E-state index contributed by atoms with van der Waals surface area (Å²) in [7, 11) is 0. The highest BCUT2D eigenvalue weighted by atomic mass is 15.0. The summed E-state index contributed by atoms with van der Waals surface area (Å²) >= 11 is 0. The molecule has 0 amide bonds. The molecule has 0 fully saturated rings. The first-order chi connectivity index (χ1) is 8.85. The number of rotatable bonds is 3. The molecular weight excluding hydrogens is 222 g/mol. The van der Waals surface area contributed by atoms with Gasteiger partial charge in [-0.05, 0) is 48.6 Å². The zero-order valence-corrected chi connectivity index (χ0v) is 10.3. The second-order valence-electron chi connectivity index (χ2n) is 4.68. The number of aromatic nitrogens is 1. The van der Waals surface area contributed by atoms with E-state index in [1.54, 1.807) is 0 Å². The molecule has 0 spiro atoms. The van der Waals surface area contributed by atoms with Gasteiger partial charge in [0, 0.05) is 17.9 Å². The summed E-state index contributed by atoms with van der Waals surface area (Å²) in [5, 5.41) is 3.33. The lowest BCUT2D eigenvalue weighted by Gasteiger charge is -2.08. The number of hydrogen-bond donors (Lipinski definition) is 2. The van der Waals surface area contributed by atoms with E-state index in [-0.39, 0.29) is 0 Å². The number of aryl methyl sites for hydroxylation is 2. The van der Waals surface area contributed by atoms with Crippen molar-refractivity contribution in [2.24, 2.45) is 5.73 Å². The van der Waals surface area contributed by atoms with Crippen LogP contribution in [0.2, 0.25) is 0 Å². The van der Waals surface area contributed by atoms with Gasteiger partial charge in [0.1, 0.15) is 5.82 Å². The Morgan fingerprint density at radius 2 is 1.89 bits per heavy atom. The molecule has 0 saturated carbocycles. The van der Waals surface area contributed by atoms with Gasteiger partial charge in [-0.25, -0.2) is 4.98 Å². The molecule has 0 atom stereocenters. The van der Waals surface area contributed by atoms with Gasteiger partial charge in [0.2, 0.25) is 0 Å². The maximum Gasteiger partial charge on any atom is 0.130 e. The molecule has 1 aliphatic carbocycles. The average molecular weight is 239 g/mol. The molecule has 0 radical (unpaired) electrons. The predicted octanol–water partition coefficient (Wildman–Crippen LogP) is 2.77. The van der Waals surface area contributed by atoms with Gasteiger partial charge in [0.25, 0.3) is 0 Å². The van der Waals surface area contributed by atoms with Crippen LogP contribution in [-0.4, -0.2) is 4.98 Å². The van der Waals surface area contributed by atoms with Gasteiger partial charge in [-0.2, -0.15) is 0 Å². The molecule has 92 valence electrons. The van der Waals surface area contributed by atoms with Gasteiger partial charge in [-0.3, -0.25) is 0 Å². The normalized spacial score (nSPS) is 13.4. The van der Waals surface area contributed by atoms with E-state index in [0.717, 1.165) is 23.5 Å². The number of benzene rings is 1. The van der Waals surface area contributed by atoms with Gasteiger partial charge in [0.05, 0.1) is 0 Å². The molecule has 0 bridgehead atoms. The monoisotopic (exact) mass is 239 g/mol. The van der Waals surface area contributed by atoms with Crippen molar-refractivity contribution in [1.29, 1.82) is 0 Å². The van der Waals surface area contributed by atoms with Crippen molar-refractivity contribution in [1.82, 2.24) is 4.98 Å². The van der Waals surface area contributed by atoms with Crippen LogP contribution in [0.5, 0.6) is 0 Å². The number of anilines is 2. The van der Waals surface area contributed by atoms with E-state index in [4.69, 9.17) is 5.73 Å². The maximum atomic E-state index is 5.58. The Kier molecular flexibility index (Phi) is 2.99. The van der Waals surface area contributed by atoms with Crippen LogP contribution < -0.4 is 11.1 Å². The van der Waals surface area contributed by atoms with E-state index in [9.17, 15) is 0 Å². The highest BCUT2D eigenvalue weighted by Crippen LogP contribution is 2.23. The largest absolute Gasteiger partial charge is 0.340 e. The first-order valence-corrected chi connectivity index (χ1v) is 6.40. The van der Waals surface area contributed by atoms with Crippen LogP contribution in [0.3, 0.4) is 0 Å². The van der Waals surface area contributed by atoms with Crippen LogP contribution in [0.1, 0.15) is 23.2 Å². The second-order valence-corrected chi connectivity index (χ2v) is 4.68. The molecule has 1 aromatic heterocycles. The fourth-order valence-electron chi connectivity index (χ4n) is 2.36. The van der Waals surface area contributed by atoms with Gasteiger partial charge in [-0.15, -0.1) is 0 Å². The van der Waals surface area contributed by atoms with Crippen LogP contribution in [0.25, 0.3) is 0 Å². The standard InChI is InChI=1S/C15H17N3/c16-10-11-4-7-13(8-5-11)17-15-9-6-12-2-1-3-14(12)18-15/h4-9H,1-3,10,16H2,(H,17,18). The number of nitrogens with one attached hydrogen (secondary N) is 1. The van der Waals surface area contributed by atoms with Gasteiger partial charge < -0.3 is 11.1 Å². The predicted molar refractivity (Wildman–Crippen MR) is 73.9 cm³/mol. The molecule has 3 heteroatoms. The van der Waals surface area contributed by atoms with Crippen molar-refractivity contribution >= 4 is 11.5 Å². The van der Waals surface area contributed by atoms with Crippen molar-refractivity contribution < 1.29 is 0 Å². The first-order valence-electron chi connectivity index (χ1n) is 6.40. The number of hydrogen-bond acceptors (Lipinski definition) is 3. The van der Waals surface area contributed by atoms with Crippen LogP contribution in [-0.2, 0) is 19.4 Å². The summed E-state index contributed by atoms with van der Waals surface area (Å²) < 4.78 is 0. The molecule has 18 heavy (non-hydrogen) atoms. The van der Waals surface area contributed by atoms with Crippen molar-refractivity contribution in [3.05, 3.63) is 53.2 Å². The molecule has 0 aliphatic heterocycles. The molecule has 1 heterocycles. The highest BCUT2D eigenvalue weighted by Gasteiger charge is 2.12. The minimum atomic E-state index is 0.581. The summed E-state index contributed by atoms with van der Waals surface area (Å²) in [5.74, 6) is 0.927. The van der Waals surface area contributed by atoms with Crippen LogP contribution >= 0.6 is 0 Å². The zero-order chi connectivity index (χ0) is 12.4. The van der Waals surface area contributed by atoms with Crippen LogP contribution in [0, 0.1) is 0 Å². The summed E-state index contributed by atoms with van der Waals surface area (Å²) in [6.07, 6.45) is 3.52. The zero-order valence-electron chi connectivity index (χ0n) is 10.3. The van der Waals surface area contributed by atoms with E-state index >= 15 is 0 Å². The topological polar surface area (TPSA) is 50.9 Å². The third-order valence-electron chi connectivity index (χ3n) is 3.39. The van der Waals surface area contributed by atoms with E-state index in [1.807, 2.05) is 24.3 Å². The quantitative estimate of drug-likeness (QED) is 0.866. The summed E-state index contributed by atoms with van der Waals surface area (Å²) in [5.41, 5.74) is 10.4. The summed E-state index contributed by atoms with van der Waals surface area (Å²) in [4.78, 5) is 4.66. The summed E-state index contributed by atoms with van der Waals surface area (Å²) in [6.45, 7) is 0.581. The maximum absolute atomic E-state index is 5.58. The van der Waals surface area contributed by atoms with E-state index < -0.39 is 0 Å². The third kappa shape index (κ3) is 2.22. The van der Waals surface area contributed by atoms with E-state index in [1.165, 1.54) is 24.1 Å². The first kappa shape index (κ1) is 11.2. The molecular formula is C15H17N3. The molecule has 3 nitrogen and oxygen atoms in total. The molecule has 3 N–H and O–H groups in total. The smallest absolute Gasteiger partial charge is 0.130 e. The summed E-state index contributed by atoms with van der Waals surface area (Å²) in [6, 6.07) is 12.4. The van der Waals surface area contributed by atoms with E-state index in [0.29, 0.717) is 6.54 Å². The Morgan fingerprint density at radius 1 is 1.06 bits per heavy atom. The minimum Gasteiger partial charge on any atom is -0.340 e. The Morgan fingerprint density at radius 3 is 2.67 bits per heavy atom. The van der Waals surface area contributed by atoms with Crippen molar-refractivity contribution in [2.45, 2.75) is 25.8 Å². The Balaban J connectivity index is 1.79. The lowest BCUT2D eigenvalue weighted by molar-refractivity contribution is 0.900. The number of nitrogens with zero attached hydrogens (tertiary/aromatic N) is 1. The average Bonchev–Trinajstić information content (AvgIpc) is 2.87. The van der Waals surface area contributed by atoms with Gasteiger partial charge in [-0.1, -0.05) is 18.2 Å². The SMILES string of the molecule is NCc1ccc(Nc2ccc3c(n2)CCC3)cc1. The number of nitrogens with two attached hydrogens (primary N) is 1.